The molecular weight excluding hydrogens is 1130 g/mol. The summed E-state index contributed by atoms with van der Waals surface area (Å²) in [6.07, 6.45) is 0. The second-order valence-electron chi connectivity index (χ2n) is 20.6. The van der Waals surface area contributed by atoms with Gasteiger partial charge in [0.15, 0.2) is 11.2 Å². The summed E-state index contributed by atoms with van der Waals surface area (Å²) in [4.78, 5) is 28.1. The van der Waals surface area contributed by atoms with E-state index in [4.69, 9.17) is 75.8 Å². The molecule has 0 aliphatic carbocycles. The van der Waals surface area contributed by atoms with Gasteiger partial charge in [0.05, 0.1) is 129 Å². The summed E-state index contributed by atoms with van der Waals surface area (Å²) in [6.45, 7) is 9.30. The Morgan fingerprint density at radius 2 is 0.489 bits per heavy atom. The number of ether oxygens (including phenoxy) is 16. The third-order valence-corrected chi connectivity index (χ3v) is 14.9. The van der Waals surface area contributed by atoms with E-state index >= 15 is 0 Å². The van der Waals surface area contributed by atoms with Crippen LogP contribution in [0.15, 0.2) is 193 Å². The van der Waals surface area contributed by atoms with Crippen LogP contribution in [0.25, 0.3) is 0 Å². The number of carbonyl (C=O) groups is 2. The summed E-state index contributed by atoms with van der Waals surface area (Å²) >= 11 is 0. The molecule has 6 aliphatic heterocycles. The molecule has 2 unspecified atom stereocenters. The van der Waals surface area contributed by atoms with Gasteiger partial charge in [-0.2, -0.15) is 0 Å². The highest BCUT2D eigenvalue weighted by Crippen LogP contribution is 2.53. The molecule has 18 nitrogen and oxygen atoms in total. The summed E-state index contributed by atoms with van der Waals surface area (Å²) < 4.78 is 96.4. The Bertz CT molecular complexity index is 2780. The number of allylic oxidation sites excluding steroid dienone is 2. The van der Waals surface area contributed by atoms with Crippen LogP contribution in [0, 0.1) is 11.8 Å². The van der Waals surface area contributed by atoms with Crippen molar-refractivity contribution in [1.29, 1.82) is 0 Å². The average Bonchev–Trinajstić information content (AvgIpc) is 1.75. The van der Waals surface area contributed by atoms with Gasteiger partial charge < -0.3 is 75.8 Å². The zero-order valence-electron chi connectivity index (χ0n) is 50.2. The van der Waals surface area contributed by atoms with E-state index < -0.39 is 35.0 Å². The molecule has 0 radical (unpaired) electrons. The molecule has 18 heteroatoms. The van der Waals surface area contributed by atoms with E-state index in [1.807, 2.05) is 170 Å². The SMILES string of the molecule is CC1=C2C(=O)OCCOCCOCCOc3ccc(cc3)OCCOCCOCCOC(=O)C3=C(C)OC(c4ccccc4)(c4ccccc4)C3COCCOCCOc3ccc(cc3)OCCOCCOCC2C(c2ccccc2)(c2ccccc2)O1. The lowest BCUT2D eigenvalue weighted by atomic mass is 9.74. The fourth-order valence-corrected chi connectivity index (χ4v) is 10.9. The first-order valence-electron chi connectivity index (χ1n) is 30.1. The molecule has 2 atom stereocenters. The number of benzene rings is 6. The van der Waals surface area contributed by atoms with Gasteiger partial charge >= 0.3 is 11.9 Å². The van der Waals surface area contributed by atoms with Crippen LogP contribution in [0.1, 0.15) is 36.1 Å². The smallest absolute Gasteiger partial charge is 0.338 e. The molecular formula is C70H80O18. The van der Waals surface area contributed by atoms with Crippen molar-refractivity contribution in [2.45, 2.75) is 25.0 Å². The van der Waals surface area contributed by atoms with Crippen LogP contribution in [-0.2, 0) is 77.6 Å². The lowest BCUT2D eigenvalue weighted by Crippen LogP contribution is -2.39. The molecule has 4 bridgehead atoms. The number of hydrogen-bond acceptors (Lipinski definition) is 18. The molecule has 6 heterocycles. The molecule has 0 saturated heterocycles. The Hall–Kier alpha value is -7.78. The highest BCUT2D eigenvalue weighted by molar-refractivity contribution is 5.91. The molecule has 88 heavy (non-hydrogen) atoms. The van der Waals surface area contributed by atoms with Gasteiger partial charge in [0, 0.05) is 22.3 Å². The highest BCUT2D eigenvalue weighted by atomic mass is 16.6. The average molecular weight is 1210 g/mol. The molecule has 6 aromatic carbocycles. The fourth-order valence-electron chi connectivity index (χ4n) is 10.9. The van der Waals surface area contributed by atoms with Gasteiger partial charge in [-0.1, -0.05) is 121 Å². The minimum absolute atomic E-state index is 0.0307. The van der Waals surface area contributed by atoms with Crippen LogP contribution in [0.2, 0.25) is 0 Å². The van der Waals surface area contributed by atoms with Crippen LogP contribution in [0.3, 0.4) is 0 Å². The number of carbonyl (C=O) groups excluding carboxylic acids is 2. The van der Waals surface area contributed by atoms with E-state index in [-0.39, 0.29) is 52.9 Å². The van der Waals surface area contributed by atoms with Crippen molar-refractivity contribution in [2.24, 2.45) is 11.8 Å². The summed E-state index contributed by atoms with van der Waals surface area (Å²) in [5, 5.41) is 0. The standard InChI is InChI=1S/C70H80O18/c1-53-65-63(69(87-53,55-15-7-3-8-16-55)56-17-9-4-10-18-56)51-79-37-35-77-41-47-83-61-27-29-62(30-28-61)84-48-42-78-36-38-80-52-64-66(54(2)88-70(64,57-19-11-5-12-20-57)58-21-13-6-14-22-58)68(72)86-50-44-76-34-32-74-40-46-82-60-25-23-59(24-26-60)81-45-39-73-31-33-75-43-49-85-67(65)71/h3-30,63-64H,31-52H2,1-2H3. The van der Waals surface area contributed by atoms with Crippen LogP contribution >= 0.6 is 0 Å². The normalized spacial score (nSPS) is 21.0. The Balaban J connectivity index is 0.785. The molecule has 0 N–H and O–H groups in total. The predicted octanol–water partition coefficient (Wildman–Crippen LogP) is 9.86. The second kappa shape index (κ2) is 34.7. The quantitative estimate of drug-likeness (QED) is 0.152. The van der Waals surface area contributed by atoms with Gasteiger partial charge in [-0.3, -0.25) is 0 Å². The van der Waals surface area contributed by atoms with Crippen molar-refractivity contribution in [1.82, 2.24) is 0 Å². The first kappa shape index (κ1) is 64.7. The summed E-state index contributed by atoms with van der Waals surface area (Å²) in [5.74, 6) is 1.46. The third-order valence-electron chi connectivity index (χ3n) is 14.9. The predicted molar refractivity (Wildman–Crippen MR) is 325 cm³/mol. The van der Waals surface area contributed by atoms with Gasteiger partial charge in [0.1, 0.15) is 74.2 Å². The lowest BCUT2D eigenvalue weighted by molar-refractivity contribution is -0.142. The lowest BCUT2D eigenvalue weighted by Gasteiger charge is -2.36. The Morgan fingerprint density at radius 1 is 0.273 bits per heavy atom. The summed E-state index contributed by atoms with van der Waals surface area (Å²) in [7, 11) is 0. The van der Waals surface area contributed by atoms with Crippen LogP contribution in [0.4, 0.5) is 0 Å². The fraction of sp³-hybridized carbons (Fsp3) is 0.400. The molecule has 12 rings (SSSR count). The van der Waals surface area contributed by atoms with Crippen molar-refractivity contribution in [2.75, 3.05) is 145 Å². The Kier molecular flexibility index (Phi) is 25.5. The first-order valence-corrected chi connectivity index (χ1v) is 30.1. The highest BCUT2D eigenvalue weighted by Gasteiger charge is 2.55. The third kappa shape index (κ3) is 17.7. The van der Waals surface area contributed by atoms with Crippen molar-refractivity contribution in [3.8, 4) is 23.0 Å². The van der Waals surface area contributed by atoms with Crippen molar-refractivity contribution in [3.63, 3.8) is 0 Å². The van der Waals surface area contributed by atoms with Crippen molar-refractivity contribution >= 4 is 11.9 Å². The largest absolute Gasteiger partial charge is 0.491 e. The topological polar surface area (TPSA) is 182 Å². The van der Waals surface area contributed by atoms with E-state index in [2.05, 4.69) is 0 Å². The van der Waals surface area contributed by atoms with Gasteiger partial charge in [-0.15, -0.1) is 0 Å². The van der Waals surface area contributed by atoms with E-state index in [1.54, 1.807) is 13.8 Å². The van der Waals surface area contributed by atoms with E-state index in [0.29, 0.717) is 138 Å². The van der Waals surface area contributed by atoms with Crippen LogP contribution in [-0.4, -0.2) is 157 Å². The minimum Gasteiger partial charge on any atom is -0.491 e. The van der Waals surface area contributed by atoms with Crippen LogP contribution in [0.5, 0.6) is 23.0 Å². The zero-order valence-corrected chi connectivity index (χ0v) is 50.2. The van der Waals surface area contributed by atoms with Gasteiger partial charge in [0.25, 0.3) is 0 Å². The molecule has 0 amide bonds. The monoisotopic (exact) mass is 1210 g/mol. The number of rotatable bonds is 4. The van der Waals surface area contributed by atoms with Crippen LogP contribution < -0.4 is 18.9 Å². The molecule has 0 fully saturated rings. The van der Waals surface area contributed by atoms with E-state index in [1.165, 1.54) is 0 Å². The molecule has 6 aromatic rings. The maximum Gasteiger partial charge on any atom is 0.338 e. The molecule has 6 aliphatic rings. The number of esters is 2. The zero-order chi connectivity index (χ0) is 60.9. The van der Waals surface area contributed by atoms with Crippen molar-refractivity contribution < 1.29 is 85.4 Å². The summed E-state index contributed by atoms with van der Waals surface area (Å²) in [6, 6.07) is 54.1. The molecule has 468 valence electrons. The first-order chi connectivity index (χ1) is 43.4. The number of hydrogen-bond donors (Lipinski definition) is 0. The van der Waals surface area contributed by atoms with Gasteiger partial charge in [-0.25, -0.2) is 9.59 Å². The Morgan fingerprint density at radius 3 is 0.739 bits per heavy atom. The summed E-state index contributed by atoms with van der Waals surface area (Å²) in [5.41, 5.74) is 2.16. The van der Waals surface area contributed by atoms with Crippen molar-refractivity contribution in [3.05, 3.63) is 215 Å². The maximum absolute atomic E-state index is 14.0. The second-order valence-corrected chi connectivity index (χ2v) is 20.6. The maximum atomic E-state index is 14.0. The van der Waals surface area contributed by atoms with Gasteiger partial charge in [0.2, 0.25) is 0 Å². The minimum atomic E-state index is -1.07. The Labute approximate surface area is 515 Å². The van der Waals surface area contributed by atoms with E-state index in [0.717, 1.165) is 22.3 Å². The van der Waals surface area contributed by atoms with E-state index in [9.17, 15) is 9.59 Å². The molecule has 0 aromatic heterocycles. The van der Waals surface area contributed by atoms with Gasteiger partial charge in [-0.05, 0) is 62.4 Å². The molecule has 0 saturated carbocycles. The molecule has 0 spiro atoms.